The molecule has 2 rings (SSSR count). The molecule has 0 saturated heterocycles. The number of nitrogens with zero attached hydrogens (tertiary/aromatic N) is 5. The van der Waals surface area contributed by atoms with Gasteiger partial charge >= 0.3 is 6.61 Å². The van der Waals surface area contributed by atoms with Gasteiger partial charge in [0.1, 0.15) is 12.4 Å². The normalized spacial score (nSPS) is 10.3. The molecule has 10 heteroatoms. The number of carbonyl (C=O) groups excluding carboxylic acids is 1. The van der Waals surface area contributed by atoms with E-state index in [1.54, 1.807) is 19.3 Å². The molecule has 0 aliphatic carbocycles. The van der Waals surface area contributed by atoms with Crippen LogP contribution in [0.25, 0.3) is 10.4 Å². The lowest BCUT2D eigenvalue weighted by atomic mass is 10.1. The fourth-order valence-electron chi connectivity index (χ4n) is 1.83. The number of aromatic nitrogens is 2. The molecule has 0 bridgehead atoms. The molecule has 2 aromatic rings. The molecule has 0 fully saturated rings. The molecule has 23 heavy (non-hydrogen) atoms. The first-order valence-corrected chi connectivity index (χ1v) is 6.30. The Morgan fingerprint density at radius 2 is 2.26 bits per heavy atom. The number of aryl methyl sites for hydroxylation is 1. The van der Waals surface area contributed by atoms with E-state index in [1.165, 1.54) is 22.9 Å². The van der Waals surface area contributed by atoms with Crippen LogP contribution in [0.2, 0.25) is 0 Å². The Labute approximate surface area is 128 Å². The van der Waals surface area contributed by atoms with Crippen molar-refractivity contribution < 1.29 is 23.0 Å². The maximum absolute atomic E-state index is 12.5. The van der Waals surface area contributed by atoms with Gasteiger partial charge in [-0.1, -0.05) is 12.1 Å². The molecule has 0 N–H and O–H groups in total. The summed E-state index contributed by atoms with van der Waals surface area (Å²) in [6.07, 6.45) is 1.63. The molecule has 1 aromatic heterocycles. The van der Waals surface area contributed by atoms with E-state index in [-0.39, 0.29) is 29.4 Å². The predicted octanol–water partition coefficient (Wildman–Crippen LogP) is 3.05. The summed E-state index contributed by atoms with van der Waals surface area (Å²) in [5.74, 6) is -0.928. The number of rotatable bonds is 6. The Bertz CT molecular complexity index is 756. The maximum atomic E-state index is 12.5. The van der Waals surface area contributed by atoms with Crippen molar-refractivity contribution in [1.29, 1.82) is 0 Å². The Hall–Kier alpha value is -3.13. The van der Waals surface area contributed by atoms with Crippen molar-refractivity contribution in [3.05, 3.63) is 52.0 Å². The average Bonchev–Trinajstić information content (AvgIpc) is 2.91. The van der Waals surface area contributed by atoms with Gasteiger partial charge in [-0.2, -0.15) is 8.78 Å². The van der Waals surface area contributed by atoms with Crippen molar-refractivity contribution in [2.75, 3.05) is 0 Å². The minimum Gasteiger partial charge on any atom is -0.472 e. The number of benzene rings is 1. The van der Waals surface area contributed by atoms with Crippen LogP contribution in [0.4, 0.5) is 8.78 Å². The van der Waals surface area contributed by atoms with E-state index in [1.807, 2.05) is 0 Å². The van der Waals surface area contributed by atoms with Crippen LogP contribution in [0, 0.1) is 0 Å². The van der Waals surface area contributed by atoms with Crippen molar-refractivity contribution in [1.82, 2.24) is 9.78 Å². The van der Waals surface area contributed by atoms with Crippen LogP contribution >= 0.6 is 0 Å². The molecule has 0 unspecified atom stereocenters. The van der Waals surface area contributed by atoms with Gasteiger partial charge in [-0.05, 0) is 16.7 Å². The lowest BCUT2D eigenvalue weighted by Gasteiger charge is -2.13. The van der Waals surface area contributed by atoms with Crippen molar-refractivity contribution in [2.24, 2.45) is 12.2 Å². The number of ether oxygens (including phenoxy) is 2. The third kappa shape index (κ3) is 4.17. The van der Waals surface area contributed by atoms with Crippen LogP contribution in [-0.2, 0) is 13.7 Å². The maximum Gasteiger partial charge on any atom is 0.387 e. The quantitative estimate of drug-likeness (QED) is 0.463. The summed E-state index contributed by atoms with van der Waals surface area (Å²) >= 11 is 0. The van der Waals surface area contributed by atoms with Crippen molar-refractivity contribution in [3.63, 3.8) is 0 Å². The number of hydrogen-bond acceptors (Lipinski definition) is 4. The van der Waals surface area contributed by atoms with Crippen molar-refractivity contribution in [3.8, 4) is 11.6 Å². The first-order chi connectivity index (χ1) is 11.0. The lowest BCUT2D eigenvalue weighted by molar-refractivity contribution is -0.0509. The summed E-state index contributed by atoms with van der Waals surface area (Å²) in [5.41, 5.74) is 8.31. The Balaban J connectivity index is 2.34. The van der Waals surface area contributed by atoms with E-state index in [0.29, 0.717) is 0 Å². The molecule has 1 amide bonds. The zero-order valence-corrected chi connectivity index (χ0v) is 11.9. The number of carbonyl (C=O) groups is 1. The highest BCUT2D eigenvalue weighted by atomic mass is 19.3. The Morgan fingerprint density at radius 3 is 2.87 bits per heavy atom. The van der Waals surface area contributed by atoms with Crippen molar-refractivity contribution in [2.45, 2.75) is 13.2 Å². The topological polar surface area (TPSA) is 102 Å². The largest absolute Gasteiger partial charge is 0.472 e. The molecule has 8 nitrogen and oxygen atoms in total. The Morgan fingerprint density at radius 1 is 1.48 bits per heavy atom. The minimum atomic E-state index is -3.08. The summed E-state index contributed by atoms with van der Waals surface area (Å²) < 4.78 is 36.2. The van der Waals surface area contributed by atoms with Gasteiger partial charge in [0.15, 0.2) is 0 Å². The molecule has 0 atom stereocenters. The fraction of sp³-hybridized carbons (Fsp3) is 0.231. The molecule has 1 aromatic carbocycles. The van der Waals surface area contributed by atoms with Gasteiger partial charge in [0, 0.05) is 35.3 Å². The number of halogens is 2. The predicted molar refractivity (Wildman–Crippen MR) is 74.1 cm³/mol. The highest BCUT2D eigenvalue weighted by molar-refractivity contribution is 5.96. The standard InChI is InChI=1S/C13H11F2N5O3/c1-20-6-5-11(18-20)22-7-9-8(12(21)17-19-16)3-2-4-10(9)23-13(14)15/h2-6,13H,7H2,1H3. The zero-order chi connectivity index (χ0) is 16.8. The van der Waals surface area contributed by atoms with Crippen LogP contribution in [0.1, 0.15) is 15.9 Å². The molecule has 0 saturated carbocycles. The Kier molecular flexibility index (Phi) is 5.11. The van der Waals surface area contributed by atoms with E-state index in [2.05, 4.69) is 19.9 Å². The summed E-state index contributed by atoms with van der Waals surface area (Å²) in [4.78, 5) is 14.2. The van der Waals surface area contributed by atoms with Gasteiger partial charge in [0.2, 0.25) is 11.8 Å². The molecular formula is C13H11F2N5O3. The van der Waals surface area contributed by atoms with E-state index in [4.69, 9.17) is 10.3 Å². The number of azide groups is 1. The number of alkyl halides is 2. The zero-order valence-electron chi connectivity index (χ0n) is 11.9. The highest BCUT2D eigenvalue weighted by Crippen LogP contribution is 2.26. The van der Waals surface area contributed by atoms with Crippen LogP contribution in [0.5, 0.6) is 11.6 Å². The summed E-state index contributed by atoms with van der Waals surface area (Å²) in [6, 6.07) is 5.48. The molecule has 120 valence electrons. The third-order valence-electron chi connectivity index (χ3n) is 2.77. The highest BCUT2D eigenvalue weighted by Gasteiger charge is 2.18. The number of amides is 1. The smallest absolute Gasteiger partial charge is 0.387 e. The molecule has 0 aliphatic rings. The van der Waals surface area contributed by atoms with E-state index >= 15 is 0 Å². The van der Waals surface area contributed by atoms with Gasteiger partial charge in [0.05, 0.1) is 0 Å². The van der Waals surface area contributed by atoms with Gasteiger partial charge in [-0.15, -0.1) is 5.10 Å². The van der Waals surface area contributed by atoms with E-state index in [9.17, 15) is 13.6 Å². The number of hydrogen-bond donors (Lipinski definition) is 0. The average molecular weight is 323 g/mol. The second kappa shape index (κ2) is 7.23. The van der Waals surface area contributed by atoms with Crippen LogP contribution in [-0.4, -0.2) is 22.3 Å². The first kappa shape index (κ1) is 16.2. The summed E-state index contributed by atoms with van der Waals surface area (Å²) in [6.45, 7) is -3.34. The monoisotopic (exact) mass is 323 g/mol. The molecule has 0 spiro atoms. The molecular weight excluding hydrogens is 312 g/mol. The van der Waals surface area contributed by atoms with Crippen LogP contribution in [0.3, 0.4) is 0 Å². The van der Waals surface area contributed by atoms with E-state index < -0.39 is 12.5 Å². The third-order valence-corrected chi connectivity index (χ3v) is 2.77. The summed E-state index contributed by atoms with van der Waals surface area (Å²) in [5, 5.41) is 6.92. The van der Waals surface area contributed by atoms with Gasteiger partial charge < -0.3 is 9.47 Å². The van der Waals surface area contributed by atoms with Gasteiger partial charge in [0.25, 0.3) is 0 Å². The van der Waals surface area contributed by atoms with Crippen LogP contribution < -0.4 is 9.47 Å². The minimum absolute atomic E-state index is 0.0378. The lowest BCUT2D eigenvalue weighted by Crippen LogP contribution is -2.10. The second-order valence-electron chi connectivity index (χ2n) is 4.27. The molecule has 1 heterocycles. The van der Waals surface area contributed by atoms with Gasteiger partial charge in [-0.3, -0.25) is 9.48 Å². The van der Waals surface area contributed by atoms with E-state index in [0.717, 1.165) is 0 Å². The molecule has 0 aliphatic heterocycles. The fourth-order valence-corrected chi connectivity index (χ4v) is 1.83. The molecule has 0 radical (unpaired) electrons. The van der Waals surface area contributed by atoms with Crippen molar-refractivity contribution >= 4 is 5.91 Å². The SMILES string of the molecule is Cn1ccc(OCc2c(OC(F)F)cccc2C(=O)N=[N+]=[N-])n1. The summed E-state index contributed by atoms with van der Waals surface area (Å²) in [7, 11) is 1.68. The second-order valence-corrected chi connectivity index (χ2v) is 4.27. The van der Waals surface area contributed by atoms with Gasteiger partial charge in [-0.25, -0.2) is 0 Å². The van der Waals surface area contributed by atoms with Crippen LogP contribution in [0.15, 0.2) is 35.6 Å². The first-order valence-electron chi connectivity index (χ1n) is 6.30.